The van der Waals surface area contributed by atoms with Crippen LogP contribution in [0.25, 0.3) is 0 Å². The fraction of sp³-hybridized carbons (Fsp3) is 0. The third-order valence-corrected chi connectivity index (χ3v) is 3.08. The Balaban J connectivity index is 2.39. The molecule has 0 saturated carbocycles. The molecule has 0 fully saturated rings. The highest BCUT2D eigenvalue weighted by atomic mass is 35.5. The Morgan fingerprint density at radius 1 is 0.895 bits per heavy atom. The maximum Gasteiger partial charge on any atom is 0.194 e. The molecule has 0 unspecified atom stereocenters. The zero-order valence-corrected chi connectivity index (χ0v) is 10.8. The summed E-state index contributed by atoms with van der Waals surface area (Å²) in [6, 6.07) is 4.40. The monoisotopic (exact) mass is 306 g/mol. The van der Waals surface area contributed by atoms with E-state index in [0.717, 1.165) is 12.1 Å². The minimum Gasteiger partial charge on any atom is -0.397 e. The molecule has 3 N–H and O–H groups in total. The van der Waals surface area contributed by atoms with Gasteiger partial charge in [-0.05, 0) is 12.1 Å². The fourth-order valence-corrected chi connectivity index (χ4v) is 1.79. The van der Waals surface area contributed by atoms with Crippen LogP contribution in [0, 0.1) is 17.5 Å². The molecule has 0 aliphatic rings. The van der Waals surface area contributed by atoms with Crippen LogP contribution in [0.4, 0.5) is 30.2 Å². The van der Waals surface area contributed by atoms with Gasteiger partial charge in [0.1, 0.15) is 0 Å². The Morgan fingerprint density at radius 3 is 2.00 bits per heavy atom. The summed E-state index contributed by atoms with van der Waals surface area (Å²) in [5.74, 6) is -4.14. The number of nitrogen functional groups attached to an aromatic ring is 1. The van der Waals surface area contributed by atoms with Crippen LogP contribution in [-0.4, -0.2) is 0 Å². The molecule has 0 heterocycles. The number of rotatable bonds is 2. The van der Waals surface area contributed by atoms with E-state index in [1.807, 2.05) is 0 Å². The van der Waals surface area contributed by atoms with E-state index >= 15 is 0 Å². The molecule has 0 amide bonds. The Labute approximate surface area is 116 Å². The van der Waals surface area contributed by atoms with Crippen molar-refractivity contribution in [3.63, 3.8) is 0 Å². The van der Waals surface area contributed by atoms with Crippen molar-refractivity contribution in [1.29, 1.82) is 0 Å². The predicted octanol–water partition coefficient (Wildman–Crippen LogP) is 4.74. The van der Waals surface area contributed by atoms with Crippen molar-refractivity contribution in [1.82, 2.24) is 0 Å². The van der Waals surface area contributed by atoms with Gasteiger partial charge >= 0.3 is 0 Å². The molecule has 0 spiro atoms. The second-order valence-corrected chi connectivity index (χ2v) is 4.55. The second-order valence-electron chi connectivity index (χ2n) is 3.73. The third kappa shape index (κ3) is 2.88. The van der Waals surface area contributed by atoms with Gasteiger partial charge in [0.25, 0.3) is 0 Å². The second kappa shape index (κ2) is 5.19. The number of nitrogens with two attached hydrogens (primary N) is 1. The van der Waals surface area contributed by atoms with Crippen LogP contribution >= 0.6 is 23.2 Å². The van der Waals surface area contributed by atoms with Gasteiger partial charge in [0.05, 0.1) is 21.4 Å². The van der Waals surface area contributed by atoms with Crippen molar-refractivity contribution >= 4 is 40.3 Å². The van der Waals surface area contributed by atoms with Gasteiger partial charge in [0.15, 0.2) is 17.5 Å². The lowest BCUT2D eigenvalue weighted by molar-refractivity contribution is 0.448. The van der Waals surface area contributed by atoms with E-state index in [-0.39, 0.29) is 21.4 Å². The zero-order valence-electron chi connectivity index (χ0n) is 9.28. The Hall–Kier alpha value is -1.59. The summed E-state index contributed by atoms with van der Waals surface area (Å²) in [6.07, 6.45) is 0. The lowest BCUT2D eigenvalue weighted by Crippen LogP contribution is -1.99. The molecule has 0 radical (unpaired) electrons. The number of hydrogen-bond donors (Lipinski definition) is 2. The highest BCUT2D eigenvalue weighted by molar-refractivity contribution is 6.42. The van der Waals surface area contributed by atoms with Crippen molar-refractivity contribution in [2.24, 2.45) is 0 Å². The van der Waals surface area contributed by atoms with Crippen LogP contribution in [-0.2, 0) is 0 Å². The van der Waals surface area contributed by atoms with E-state index in [9.17, 15) is 13.2 Å². The first kappa shape index (κ1) is 13.8. The molecule has 0 bridgehead atoms. The summed E-state index contributed by atoms with van der Waals surface area (Å²) in [4.78, 5) is 0. The van der Waals surface area contributed by atoms with Gasteiger partial charge in [-0.25, -0.2) is 13.2 Å². The third-order valence-electron chi connectivity index (χ3n) is 2.36. The molecule has 0 aliphatic heterocycles. The van der Waals surface area contributed by atoms with Crippen LogP contribution in [0.5, 0.6) is 0 Å². The highest BCUT2D eigenvalue weighted by Gasteiger charge is 2.12. The Kier molecular flexibility index (Phi) is 3.78. The van der Waals surface area contributed by atoms with Crippen molar-refractivity contribution in [3.8, 4) is 0 Å². The quantitative estimate of drug-likeness (QED) is 0.621. The first-order valence-corrected chi connectivity index (χ1v) is 5.80. The molecule has 2 nitrogen and oxygen atoms in total. The van der Waals surface area contributed by atoms with E-state index in [1.54, 1.807) is 0 Å². The van der Waals surface area contributed by atoms with E-state index in [2.05, 4.69) is 5.32 Å². The SMILES string of the molecule is Nc1cc(Cl)c(Cl)cc1Nc1cc(F)c(F)c(F)c1. The van der Waals surface area contributed by atoms with Crippen LogP contribution in [0.2, 0.25) is 10.0 Å². The molecule has 2 rings (SSSR count). The van der Waals surface area contributed by atoms with Crippen LogP contribution in [0.1, 0.15) is 0 Å². The zero-order chi connectivity index (χ0) is 14.2. The number of halogens is 5. The molecule has 7 heteroatoms. The molecule has 0 atom stereocenters. The van der Waals surface area contributed by atoms with Crippen LogP contribution in [0.15, 0.2) is 24.3 Å². The summed E-state index contributed by atoms with van der Waals surface area (Å²) in [5, 5.41) is 3.11. The normalized spacial score (nSPS) is 10.6. The van der Waals surface area contributed by atoms with Crippen molar-refractivity contribution in [2.75, 3.05) is 11.1 Å². The number of hydrogen-bond acceptors (Lipinski definition) is 2. The number of nitrogens with one attached hydrogen (secondary N) is 1. The van der Waals surface area contributed by atoms with Crippen molar-refractivity contribution in [2.45, 2.75) is 0 Å². The number of anilines is 3. The summed E-state index contributed by atoms with van der Waals surface area (Å²) in [6.45, 7) is 0. The molecule has 0 saturated heterocycles. The molecule has 0 aliphatic carbocycles. The van der Waals surface area contributed by atoms with Gasteiger partial charge in [-0.15, -0.1) is 0 Å². The minimum atomic E-state index is -1.53. The topological polar surface area (TPSA) is 38.0 Å². The lowest BCUT2D eigenvalue weighted by atomic mass is 10.2. The van der Waals surface area contributed by atoms with Crippen molar-refractivity contribution in [3.05, 3.63) is 51.8 Å². The summed E-state index contributed by atoms with van der Waals surface area (Å²) >= 11 is 11.6. The predicted molar refractivity (Wildman–Crippen MR) is 70.5 cm³/mol. The number of benzene rings is 2. The molecule has 100 valence electrons. The Bertz CT molecular complexity index is 624. The van der Waals surface area contributed by atoms with Gasteiger partial charge in [-0.1, -0.05) is 23.2 Å². The average Bonchev–Trinajstić information content (AvgIpc) is 2.33. The van der Waals surface area contributed by atoms with E-state index in [4.69, 9.17) is 28.9 Å². The van der Waals surface area contributed by atoms with Gasteiger partial charge in [0, 0.05) is 17.8 Å². The van der Waals surface area contributed by atoms with E-state index in [1.165, 1.54) is 12.1 Å². The highest BCUT2D eigenvalue weighted by Crippen LogP contribution is 2.33. The molecule has 2 aromatic carbocycles. The fourth-order valence-electron chi connectivity index (χ4n) is 1.45. The molecule has 19 heavy (non-hydrogen) atoms. The van der Waals surface area contributed by atoms with Gasteiger partial charge < -0.3 is 11.1 Å². The molecular weight excluding hydrogens is 300 g/mol. The summed E-state index contributed by atoms with van der Waals surface area (Å²) in [5.41, 5.74) is 6.22. The van der Waals surface area contributed by atoms with Gasteiger partial charge in [-0.3, -0.25) is 0 Å². The van der Waals surface area contributed by atoms with E-state index in [0.29, 0.717) is 5.69 Å². The maximum absolute atomic E-state index is 13.1. The van der Waals surface area contributed by atoms with Gasteiger partial charge in [0.2, 0.25) is 0 Å². The summed E-state index contributed by atoms with van der Waals surface area (Å²) in [7, 11) is 0. The largest absolute Gasteiger partial charge is 0.397 e. The van der Waals surface area contributed by atoms with E-state index < -0.39 is 17.5 Å². The first-order chi connectivity index (χ1) is 8.88. The van der Waals surface area contributed by atoms with Gasteiger partial charge in [-0.2, -0.15) is 0 Å². The molecular formula is C12H7Cl2F3N2. The average molecular weight is 307 g/mol. The standard InChI is InChI=1S/C12H7Cl2F3N2/c13-6-3-10(18)11(4-7(6)14)19-5-1-8(15)12(17)9(16)2-5/h1-4,19H,18H2. The maximum atomic E-state index is 13.1. The van der Waals surface area contributed by atoms with Crippen molar-refractivity contribution < 1.29 is 13.2 Å². The minimum absolute atomic E-state index is 0.00138. The lowest BCUT2D eigenvalue weighted by Gasteiger charge is -2.11. The smallest absolute Gasteiger partial charge is 0.194 e. The van der Waals surface area contributed by atoms with Crippen LogP contribution < -0.4 is 11.1 Å². The molecule has 0 aromatic heterocycles. The summed E-state index contributed by atoms with van der Waals surface area (Å²) < 4.78 is 38.9. The molecule has 2 aromatic rings. The first-order valence-electron chi connectivity index (χ1n) is 5.04. The Morgan fingerprint density at radius 2 is 1.42 bits per heavy atom. The van der Waals surface area contributed by atoms with Crippen LogP contribution in [0.3, 0.4) is 0 Å².